The number of Topliss-reactive ketones (excluding diaryl/α,β-unsaturated/α-hetero) is 1. The van der Waals surface area contributed by atoms with Crippen molar-refractivity contribution in [2.45, 2.75) is 5.92 Å². The molecule has 0 aliphatic rings. The Labute approximate surface area is 141 Å². The summed E-state index contributed by atoms with van der Waals surface area (Å²) in [5.74, 6) is -1.54. The highest BCUT2D eigenvalue weighted by Crippen LogP contribution is 2.32. The van der Waals surface area contributed by atoms with Gasteiger partial charge in [0.2, 0.25) is 0 Å². The number of nitrogens with zero attached hydrogens (tertiary/aromatic N) is 1. The minimum Gasteiger partial charge on any atom is -0.292 e. The van der Waals surface area contributed by atoms with Crippen LogP contribution in [0.1, 0.15) is 21.8 Å². The van der Waals surface area contributed by atoms with Gasteiger partial charge in [-0.25, -0.2) is 0 Å². The Morgan fingerprint density at radius 1 is 0.952 bits per heavy atom. The minimum absolute atomic E-state index is 0.182. The molecule has 0 aliphatic heterocycles. The Kier molecular flexibility index (Phi) is 5.13. The van der Waals surface area contributed by atoms with Gasteiger partial charge in [0.15, 0.2) is 5.78 Å². The standard InChI is InChI=1S/C15H7Cl4NO/c16-8-2-4-13(18)11(5-8)15(21)12(7-20)10-3-1-9(17)6-14(10)19/h1-6,12H. The number of rotatable bonds is 3. The predicted octanol–water partition coefficient (Wildman–Crippen LogP) is 5.79. The lowest BCUT2D eigenvalue weighted by Gasteiger charge is -2.12. The third kappa shape index (κ3) is 3.51. The zero-order valence-corrected chi connectivity index (χ0v) is 13.4. The first kappa shape index (κ1) is 16.1. The normalized spacial score (nSPS) is 11.8. The SMILES string of the molecule is N#CC(C(=O)c1cc(Cl)ccc1Cl)c1ccc(Cl)cc1Cl. The first-order valence-electron chi connectivity index (χ1n) is 5.78. The van der Waals surface area contributed by atoms with Gasteiger partial charge in [0.25, 0.3) is 0 Å². The van der Waals surface area contributed by atoms with E-state index in [4.69, 9.17) is 46.4 Å². The number of carbonyl (C=O) groups is 1. The number of hydrogen-bond donors (Lipinski definition) is 0. The molecule has 0 heterocycles. The molecular weight excluding hydrogens is 352 g/mol. The molecule has 21 heavy (non-hydrogen) atoms. The minimum atomic E-state index is -1.08. The van der Waals surface area contributed by atoms with Gasteiger partial charge >= 0.3 is 0 Å². The van der Waals surface area contributed by atoms with Crippen LogP contribution in [0.4, 0.5) is 0 Å². The van der Waals surface area contributed by atoms with Gasteiger partial charge in [-0.15, -0.1) is 0 Å². The molecule has 106 valence electrons. The van der Waals surface area contributed by atoms with Gasteiger partial charge in [-0.2, -0.15) is 5.26 Å². The lowest BCUT2D eigenvalue weighted by Crippen LogP contribution is -2.12. The maximum atomic E-state index is 12.5. The fourth-order valence-corrected chi connectivity index (χ4v) is 2.75. The molecule has 2 aromatic carbocycles. The van der Waals surface area contributed by atoms with E-state index < -0.39 is 11.7 Å². The highest BCUT2D eigenvalue weighted by atomic mass is 35.5. The van der Waals surface area contributed by atoms with Crippen molar-refractivity contribution in [2.75, 3.05) is 0 Å². The van der Waals surface area contributed by atoms with Gasteiger partial charge in [0, 0.05) is 20.6 Å². The summed E-state index contributed by atoms with van der Waals surface area (Å²) >= 11 is 23.7. The number of hydrogen-bond acceptors (Lipinski definition) is 2. The van der Waals surface area contributed by atoms with E-state index in [2.05, 4.69) is 0 Å². The molecule has 2 rings (SSSR count). The van der Waals surface area contributed by atoms with Crippen molar-refractivity contribution in [3.8, 4) is 6.07 Å². The van der Waals surface area contributed by atoms with Crippen molar-refractivity contribution in [2.24, 2.45) is 0 Å². The molecule has 0 saturated carbocycles. The Bertz CT molecular complexity index is 752. The third-order valence-corrected chi connectivity index (χ3v) is 3.99. The van der Waals surface area contributed by atoms with Gasteiger partial charge in [-0.3, -0.25) is 4.79 Å². The molecule has 0 N–H and O–H groups in total. The molecule has 1 unspecified atom stereocenters. The summed E-state index contributed by atoms with van der Waals surface area (Å²) in [5.41, 5.74) is 0.561. The molecule has 0 saturated heterocycles. The summed E-state index contributed by atoms with van der Waals surface area (Å²) in [5, 5.41) is 10.6. The first-order valence-corrected chi connectivity index (χ1v) is 7.29. The third-order valence-electron chi connectivity index (χ3n) is 2.86. The van der Waals surface area contributed by atoms with E-state index in [0.29, 0.717) is 15.6 Å². The average molecular weight is 359 g/mol. The van der Waals surface area contributed by atoms with Crippen LogP contribution in [0.2, 0.25) is 20.1 Å². The average Bonchev–Trinajstić information content (AvgIpc) is 2.44. The molecule has 0 radical (unpaired) electrons. The Hall–Kier alpha value is -1.24. The van der Waals surface area contributed by atoms with Gasteiger partial charge in [-0.1, -0.05) is 52.5 Å². The fourth-order valence-electron chi connectivity index (χ4n) is 1.85. The van der Waals surface area contributed by atoms with Crippen LogP contribution in [0, 0.1) is 11.3 Å². The van der Waals surface area contributed by atoms with E-state index in [-0.39, 0.29) is 15.6 Å². The molecule has 0 aliphatic carbocycles. The molecule has 0 spiro atoms. The number of nitriles is 1. The van der Waals surface area contributed by atoms with Gasteiger partial charge in [0.1, 0.15) is 5.92 Å². The maximum Gasteiger partial charge on any atom is 0.186 e. The Morgan fingerprint density at radius 2 is 1.57 bits per heavy atom. The lowest BCUT2D eigenvalue weighted by atomic mass is 9.92. The van der Waals surface area contributed by atoms with Crippen LogP contribution in [0.15, 0.2) is 36.4 Å². The van der Waals surface area contributed by atoms with Crippen molar-refractivity contribution in [1.82, 2.24) is 0 Å². The number of carbonyl (C=O) groups excluding carboxylic acids is 1. The summed E-state index contributed by atoms with van der Waals surface area (Å²) < 4.78 is 0. The van der Waals surface area contributed by atoms with E-state index in [1.807, 2.05) is 6.07 Å². The second kappa shape index (κ2) is 6.68. The summed E-state index contributed by atoms with van der Waals surface area (Å²) in [7, 11) is 0. The molecule has 0 amide bonds. The monoisotopic (exact) mass is 357 g/mol. The van der Waals surface area contributed by atoms with Crippen LogP contribution in [0.5, 0.6) is 0 Å². The van der Waals surface area contributed by atoms with Crippen LogP contribution in [0.3, 0.4) is 0 Å². The molecule has 2 aromatic rings. The molecule has 1 atom stereocenters. The first-order chi connectivity index (χ1) is 9.93. The van der Waals surface area contributed by atoms with E-state index in [9.17, 15) is 10.1 Å². The van der Waals surface area contributed by atoms with E-state index in [1.54, 1.807) is 18.2 Å². The van der Waals surface area contributed by atoms with Crippen LogP contribution >= 0.6 is 46.4 Å². The molecule has 6 heteroatoms. The van der Waals surface area contributed by atoms with Crippen LogP contribution in [-0.2, 0) is 0 Å². The van der Waals surface area contributed by atoms with Crippen molar-refractivity contribution >= 4 is 52.2 Å². The van der Waals surface area contributed by atoms with Gasteiger partial charge < -0.3 is 0 Å². The second-order valence-corrected chi connectivity index (χ2v) is 5.90. The van der Waals surface area contributed by atoms with Crippen LogP contribution < -0.4 is 0 Å². The van der Waals surface area contributed by atoms with Crippen molar-refractivity contribution in [1.29, 1.82) is 5.26 Å². The predicted molar refractivity (Wildman–Crippen MR) is 85.6 cm³/mol. The largest absolute Gasteiger partial charge is 0.292 e. The number of halogens is 4. The van der Waals surface area contributed by atoms with Crippen molar-refractivity contribution < 1.29 is 4.79 Å². The zero-order valence-electron chi connectivity index (χ0n) is 10.4. The number of ketones is 1. The van der Waals surface area contributed by atoms with Crippen LogP contribution in [-0.4, -0.2) is 5.78 Å². The highest BCUT2D eigenvalue weighted by Gasteiger charge is 2.26. The summed E-state index contributed by atoms with van der Waals surface area (Å²) in [6.45, 7) is 0. The number of benzene rings is 2. The van der Waals surface area contributed by atoms with E-state index in [1.165, 1.54) is 18.2 Å². The Morgan fingerprint density at radius 3 is 2.19 bits per heavy atom. The van der Waals surface area contributed by atoms with Gasteiger partial charge in [-0.05, 0) is 35.9 Å². The molecule has 0 fully saturated rings. The van der Waals surface area contributed by atoms with E-state index in [0.717, 1.165) is 0 Å². The lowest BCUT2D eigenvalue weighted by molar-refractivity contribution is 0.0979. The maximum absolute atomic E-state index is 12.5. The Balaban J connectivity index is 2.49. The van der Waals surface area contributed by atoms with E-state index >= 15 is 0 Å². The van der Waals surface area contributed by atoms with Crippen molar-refractivity contribution in [3.05, 3.63) is 67.6 Å². The summed E-state index contributed by atoms with van der Waals surface area (Å²) in [6, 6.07) is 11.1. The van der Waals surface area contributed by atoms with Crippen molar-refractivity contribution in [3.63, 3.8) is 0 Å². The second-order valence-electron chi connectivity index (χ2n) is 4.22. The molecule has 0 aromatic heterocycles. The smallest absolute Gasteiger partial charge is 0.186 e. The fraction of sp³-hybridized carbons (Fsp3) is 0.0667. The molecule has 2 nitrogen and oxygen atoms in total. The summed E-state index contributed by atoms with van der Waals surface area (Å²) in [6.07, 6.45) is 0. The zero-order chi connectivity index (χ0) is 15.6. The molecule has 0 bridgehead atoms. The summed E-state index contributed by atoms with van der Waals surface area (Å²) in [4.78, 5) is 12.5. The topological polar surface area (TPSA) is 40.9 Å². The molecular formula is C15H7Cl4NO. The highest BCUT2D eigenvalue weighted by molar-refractivity contribution is 6.37. The van der Waals surface area contributed by atoms with Gasteiger partial charge in [0.05, 0.1) is 11.1 Å². The quantitative estimate of drug-likeness (QED) is 0.651. The van der Waals surface area contributed by atoms with Crippen LogP contribution in [0.25, 0.3) is 0 Å².